The molecule has 0 N–H and O–H groups in total. The van der Waals surface area contributed by atoms with Crippen molar-refractivity contribution in [3.63, 3.8) is 0 Å². The standard InChI is InChI=1S/C20H22N2O4S/c1-4-18(23)25-11-12-26-20(24)15(13-21)19-22(10-9-14(2)3)16-7-5-6-8-17(16)27-19/h4-8,14H,1,9-12H2,2-3H3. The Morgan fingerprint density at radius 2 is 2.00 bits per heavy atom. The first-order valence-corrected chi connectivity index (χ1v) is 9.44. The molecule has 1 heterocycles. The third kappa shape index (κ3) is 5.38. The normalized spacial score (nSPS) is 14.4. The van der Waals surface area contributed by atoms with Crippen molar-refractivity contribution in [3.05, 3.63) is 47.5 Å². The van der Waals surface area contributed by atoms with E-state index in [9.17, 15) is 14.9 Å². The first-order valence-electron chi connectivity index (χ1n) is 8.63. The molecule has 6 nitrogen and oxygen atoms in total. The summed E-state index contributed by atoms with van der Waals surface area (Å²) in [5, 5.41) is 10.1. The number of nitriles is 1. The second-order valence-corrected chi connectivity index (χ2v) is 7.23. The molecule has 0 bridgehead atoms. The van der Waals surface area contributed by atoms with Crippen LogP contribution in [0, 0.1) is 17.2 Å². The molecular formula is C20H22N2O4S. The van der Waals surface area contributed by atoms with Crippen molar-refractivity contribution in [1.82, 2.24) is 0 Å². The fraction of sp³-hybridized carbons (Fsp3) is 0.350. The van der Waals surface area contributed by atoms with Crippen molar-refractivity contribution < 1.29 is 19.1 Å². The molecule has 1 aliphatic rings. The molecule has 0 aromatic heterocycles. The van der Waals surface area contributed by atoms with Crippen molar-refractivity contribution in [2.75, 3.05) is 24.7 Å². The molecule has 1 aromatic carbocycles. The monoisotopic (exact) mass is 386 g/mol. The van der Waals surface area contributed by atoms with Gasteiger partial charge in [-0.3, -0.25) is 0 Å². The highest BCUT2D eigenvalue weighted by Crippen LogP contribution is 2.47. The topological polar surface area (TPSA) is 79.6 Å². The van der Waals surface area contributed by atoms with Gasteiger partial charge in [-0.2, -0.15) is 5.26 Å². The van der Waals surface area contributed by atoms with E-state index in [1.54, 1.807) is 0 Å². The number of rotatable bonds is 8. The van der Waals surface area contributed by atoms with Crippen molar-refractivity contribution >= 4 is 29.4 Å². The molecule has 142 valence electrons. The number of fused-ring (bicyclic) bond motifs is 1. The van der Waals surface area contributed by atoms with E-state index in [4.69, 9.17) is 9.47 Å². The molecule has 0 saturated carbocycles. The van der Waals surface area contributed by atoms with Gasteiger partial charge in [0.15, 0.2) is 5.57 Å². The molecule has 0 saturated heterocycles. The van der Waals surface area contributed by atoms with Gasteiger partial charge in [-0.25, -0.2) is 9.59 Å². The number of hydrogen-bond acceptors (Lipinski definition) is 7. The van der Waals surface area contributed by atoms with Crippen LogP contribution in [0.5, 0.6) is 0 Å². The van der Waals surface area contributed by atoms with E-state index in [1.165, 1.54) is 11.8 Å². The summed E-state index contributed by atoms with van der Waals surface area (Å²) in [5.74, 6) is -0.829. The Morgan fingerprint density at radius 3 is 2.67 bits per heavy atom. The van der Waals surface area contributed by atoms with Gasteiger partial charge in [-0.1, -0.05) is 44.3 Å². The van der Waals surface area contributed by atoms with E-state index in [-0.39, 0.29) is 18.8 Å². The molecule has 0 amide bonds. The van der Waals surface area contributed by atoms with Gasteiger partial charge in [0.25, 0.3) is 0 Å². The second kappa shape index (κ2) is 9.83. The Balaban J connectivity index is 2.17. The van der Waals surface area contributed by atoms with Crippen LogP contribution in [0.25, 0.3) is 0 Å². The first kappa shape index (κ1) is 20.6. The van der Waals surface area contributed by atoms with Crippen molar-refractivity contribution in [3.8, 4) is 6.07 Å². The summed E-state index contributed by atoms with van der Waals surface area (Å²) in [6.07, 6.45) is 1.95. The predicted molar refractivity (Wildman–Crippen MR) is 104 cm³/mol. The lowest BCUT2D eigenvalue weighted by atomic mass is 10.1. The van der Waals surface area contributed by atoms with E-state index in [2.05, 4.69) is 20.4 Å². The molecule has 0 aliphatic carbocycles. The maximum atomic E-state index is 12.4. The third-order valence-corrected chi connectivity index (χ3v) is 4.98. The van der Waals surface area contributed by atoms with Crippen molar-refractivity contribution in [1.29, 1.82) is 5.26 Å². The minimum atomic E-state index is -0.725. The number of nitrogens with zero attached hydrogens (tertiary/aromatic N) is 2. The Labute approximate surface area is 163 Å². The summed E-state index contributed by atoms with van der Waals surface area (Å²) in [7, 11) is 0. The maximum absolute atomic E-state index is 12.4. The summed E-state index contributed by atoms with van der Waals surface area (Å²) in [6.45, 7) is 8.03. The number of para-hydroxylation sites is 1. The number of carbonyl (C=O) groups is 2. The van der Waals surface area contributed by atoms with Crippen LogP contribution in [0.3, 0.4) is 0 Å². The van der Waals surface area contributed by atoms with Gasteiger partial charge < -0.3 is 14.4 Å². The van der Waals surface area contributed by atoms with Gasteiger partial charge in [0.1, 0.15) is 24.3 Å². The molecule has 7 heteroatoms. The lowest BCUT2D eigenvalue weighted by Gasteiger charge is -2.22. The lowest BCUT2D eigenvalue weighted by molar-refractivity contribution is -0.146. The van der Waals surface area contributed by atoms with Crippen LogP contribution >= 0.6 is 11.8 Å². The van der Waals surface area contributed by atoms with Crippen LogP contribution < -0.4 is 4.90 Å². The summed E-state index contributed by atoms with van der Waals surface area (Å²) < 4.78 is 9.87. The first-order chi connectivity index (χ1) is 13.0. The average Bonchev–Trinajstić information content (AvgIpc) is 3.02. The van der Waals surface area contributed by atoms with Gasteiger partial charge in [-0.05, 0) is 24.5 Å². The minimum Gasteiger partial charge on any atom is -0.459 e. The van der Waals surface area contributed by atoms with Crippen LogP contribution in [-0.2, 0) is 19.1 Å². The van der Waals surface area contributed by atoms with Crippen LogP contribution in [0.2, 0.25) is 0 Å². The zero-order valence-corrected chi connectivity index (χ0v) is 16.3. The Morgan fingerprint density at radius 1 is 1.30 bits per heavy atom. The van der Waals surface area contributed by atoms with Gasteiger partial charge in [-0.15, -0.1) is 0 Å². The molecule has 2 rings (SSSR count). The Bertz CT molecular complexity index is 795. The molecule has 27 heavy (non-hydrogen) atoms. The molecule has 0 fully saturated rings. The average molecular weight is 386 g/mol. The van der Waals surface area contributed by atoms with E-state index in [0.717, 1.165) is 23.1 Å². The molecule has 1 aromatic rings. The number of carbonyl (C=O) groups excluding carboxylic acids is 2. The molecule has 0 radical (unpaired) electrons. The van der Waals surface area contributed by atoms with E-state index >= 15 is 0 Å². The van der Waals surface area contributed by atoms with E-state index in [0.29, 0.717) is 17.5 Å². The highest BCUT2D eigenvalue weighted by molar-refractivity contribution is 8.03. The largest absolute Gasteiger partial charge is 0.459 e. The second-order valence-electron chi connectivity index (χ2n) is 6.20. The van der Waals surface area contributed by atoms with Crippen LogP contribution in [0.15, 0.2) is 52.4 Å². The molecule has 0 spiro atoms. The number of anilines is 1. The number of benzene rings is 1. The smallest absolute Gasteiger partial charge is 0.351 e. The Kier molecular flexibility index (Phi) is 7.50. The van der Waals surface area contributed by atoms with Gasteiger partial charge in [0, 0.05) is 17.5 Å². The van der Waals surface area contributed by atoms with E-state index in [1.807, 2.05) is 35.2 Å². The van der Waals surface area contributed by atoms with Gasteiger partial charge >= 0.3 is 11.9 Å². The minimum absolute atomic E-state index is 0.0463. The van der Waals surface area contributed by atoms with Crippen molar-refractivity contribution in [2.45, 2.75) is 25.2 Å². The van der Waals surface area contributed by atoms with E-state index < -0.39 is 11.9 Å². The Hall–Kier alpha value is -2.72. The zero-order chi connectivity index (χ0) is 19.8. The number of ether oxygens (including phenoxy) is 2. The molecular weight excluding hydrogens is 364 g/mol. The summed E-state index contributed by atoms with van der Waals surface area (Å²) in [5.41, 5.74) is 0.939. The predicted octanol–water partition coefficient (Wildman–Crippen LogP) is 3.65. The summed E-state index contributed by atoms with van der Waals surface area (Å²) in [6, 6.07) is 9.77. The number of thioether (sulfide) groups is 1. The SMILES string of the molecule is C=CC(=O)OCCOC(=O)C(C#N)=C1Sc2ccccc2N1CCC(C)C. The zero-order valence-electron chi connectivity index (χ0n) is 15.4. The molecule has 0 atom stereocenters. The molecule has 0 unspecified atom stereocenters. The number of esters is 2. The highest BCUT2D eigenvalue weighted by Gasteiger charge is 2.30. The molecule has 1 aliphatic heterocycles. The van der Waals surface area contributed by atoms with Crippen LogP contribution in [0.1, 0.15) is 20.3 Å². The fourth-order valence-electron chi connectivity index (χ4n) is 2.42. The van der Waals surface area contributed by atoms with Gasteiger partial charge in [0.2, 0.25) is 0 Å². The highest BCUT2D eigenvalue weighted by atomic mass is 32.2. The number of hydrogen-bond donors (Lipinski definition) is 0. The fourth-order valence-corrected chi connectivity index (χ4v) is 3.59. The van der Waals surface area contributed by atoms with Crippen LogP contribution in [0.4, 0.5) is 5.69 Å². The maximum Gasteiger partial charge on any atom is 0.351 e. The summed E-state index contributed by atoms with van der Waals surface area (Å²) in [4.78, 5) is 26.4. The summed E-state index contributed by atoms with van der Waals surface area (Å²) >= 11 is 1.39. The van der Waals surface area contributed by atoms with Crippen molar-refractivity contribution in [2.24, 2.45) is 5.92 Å². The lowest BCUT2D eigenvalue weighted by Crippen LogP contribution is -2.24. The quantitative estimate of drug-likeness (QED) is 0.292. The van der Waals surface area contributed by atoms with Crippen LogP contribution in [-0.4, -0.2) is 31.7 Å². The van der Waals surface area contributed by atoms with Gasteiger partial charge in [0.05, 0.1) is 5.69 Å². The third-order valence-electron chi connectivity index (χ3n) is 3.80.